The van der Waals surface area contributed by atoms with Gasteiger partial charge in [0.2, 0.25) is 0 Å². The Balaban J connectivity index is 2.71. The first-order valence-electron chi connectivity index (χ1n) is 4.66. The van der Waals surface area contributed by atoms with E-state index in [2.05, 4.69) is 0 Å². The molecule has 0 spiro atoms. The lowest BCUT2D eigenvalue weighted by Crippen LogP contribution is -2.18. The number of Topliss-reactive ketones (excluding diaryl/α,β-unsaturated/α-hetero) is 1. The van der Waals surface area contributed by atoms with Crippen LogP contribution in [0.5, 0.6) is 0 Å². The standard InChI is InChI=1S/C11H11Cl2NO/c1-11(2)4-6-5(10(11)15)3-7(12)9(14)8(6)13/h3H,4,14H2,1-2H3. The van der Waals surface area contributed by atoms with Gasteiger partial charge >= 0.3 is 0 Å². The van der Waals surface area contributed by atoms with Crippen LogP contribution in [-0.4, -0.2) is 5.78 Å². The summed E-state index contributed by atoms with van der Waals surface area (Å²) in [6, 6.07) is 1.62. The average Bonchev–Trinajstić information content (AvgIpc) is 2.38. The molecule has 0 amide bonds. The van der Waals surface area contributed by atoms with Crippen molar-refractivity contribution in [2.75, 3.05) is 5.73 Å². The van der Waals surface area contributed by atoms with E-state index < -0.39 is 5.41 Å². The number of ketones is 1. The van der Waals surface area contributed by atoms with E-state index in [1.54, 1.807) is 6.07 Å². The van der Waals surface area contributed by atoms with Crippen LogP contribution in [0.1, 0.15) is 29.8 Å². The minimum Gasteiger partial charge on any atom is -0.396 e. The Morgan fingerprint density at radius 3 is 2.60 bits per heavy atom. The van der Waals surface area contributed by atoms with Gasteiger partial charge in [-0.1, -0.05) is 37.0 Å². The molecule has 0 saturated carbocycles. The second-order valence-electron chi connectivity index (χ2n) is 4.50. The van der Waals surface area contributed by atoms with Crippen molar-refractivity contribution in [1.82, 2.24) is 0 Å². The normalized spacial score (nSPS) is 18.0. The van der Waals surface area contributed by atoms with Crippen molar-refractivity contribution in [3.05, 3.63) is 27.2 Å². The maximum absolute atomic E-state index is 12.0. The third-order valence-corrected chi connectivity index (χ3v) is 3.58. The molecule has 0 atom stereocenters. The Morgan fingerprint density at radius 1 is 1.40 bits per heavy atom. The van der Waals surface area contributed by atoms with Gasteiger partial charge in [0.1, 0.15) is 0 Å². The van der Waals surface area contributed by atoms with Crippen LogP contribution in [0.2, 0.25) is 10.0 Å². The molecule has 0 bridgehead atoms. The van der Waals surface area contributed by atoms with Crippen LogP contribution in [0.25, 0.3) is 0 Å². The highest BCUT2D eigenvalue weighted by Crippen LogP contribution is 2.43. The lowest BCUT2D eigenvalue weighted by atomic mass is 9.89. The Hall–Kier alpha value is -0.730. The fraction of sp³-hybridized carbons (Fsp3) is 0.364. The second kappa shape index (κ2) is 3.13. The number of fused-ring (bicyclic) bond motifs is 1. The molecule has 0 aliphatic heterocycles. The van der Waals surface area contributed by atoms with E-state index in [4.69, 9.17) is 28.9 Å². The largest absolute Gasteiger partial charge is 0.396 e. The van der Waals surface area contributed by atoms with E-state index in [0.29, 0.717) is 27.7 Å². The molecule has 1 aromatic carbocycles. The molecule has 2 N–H and O–H groups in total. The highest BCUT2D eigenvalue weighted by Gasteiger charge is 2.39. The zero-order valence-electron chi connectivity index (χ0n) is 8.53. The summed E-state index contributed by atoms with van der Waals surface area (Å²) in [4.78, 5) is 12.0. The molecule has 0 fully saturated rings. The number of nitrogen functional groups attached to an aromatic ring is 1. The van der Waals surface area contributed by atoms with Crippen molar-refractivity contribution in [2.24, 2.45) is 5.41 Å². The van der Waals surface area contributed by atoms with Crippen LogP contribution in [0.15, 0.2) is 6.07 Å². The minimum absolute atomic E-state index is 0.0845. The van der Waals surface area contributed by atoms with Gasteiger partial charge in [-0.3, -0.25) is 4.79 Å². The fourth-order valence-electron chi connectivity index (χ4n) is 1.94. The predicted octanol–water partition coefficient (Wildman–Crippen LogP) is 3.34. The number of nitrogens with two attached hydrogens (primary N) is 1. The molecule has 15 heavy (non-hydrogen) atoms. The Bertz CT molecular complexity index is 466. The number of halogens is 2. The van der Waals surface area contributed by atoms with Gasteiger partial charge in [-0.2, -0.15) is 0 Å². The van der Waals surface area contributed by atoms with Gasteiger partial charge < -0.3 is 5.73 Å². The highest BCUT2D eigenvalue weighted by molar-refractivity contribution is 6.40. The van der Waals surface area contributed by atoms with Crippen molar-refractivity contribution in [3.63, 3.8) is 0 Å². The molecule has 0 aromatic heterocycles. The summed E-state index contributed by atoms with van der Waals surface area (Å²) in [7, 11) is 0. The number of benzene rings is 1. The first-order valence-corrected chi connectivity index (χ1v) is 5.41. The first kappa shape index (κ1) is 10.8. The van der Waals surface area contributed by atoms with E-state index in [1.807, 2.05) is 13.8 Å². The molecule has 80 valence electrons. The molecule has 0 unspecified atom stereocenters. The lowest BCUT2D eigenvalue weighted by Gasteiger charge is -2.13. The third-order valence-electron chi connectivity index (χ3n) is 2.83. The topological polar surface area (TPSA) is 43.1 Å². The minimum atomic E-state index is -0.400. The van der Waals surface area contributed by atoms with E-state index >= 15 is 0 Å². The maximum Gasteiger partial charge on any atom is 0.169 e. The summed E-state index contributed by atoms with van der Waals surface area (Å²) < 4.78 is 0. The number of hydrogen-bond acceptors (Lipinski definition) is 2. The van der Waals surface area contributed by atoms with Crippen LogP contribution in [-0.2, 0) is 6.42 Å². The average molecular weight is 244 g/mol. The van der Waals surface area contributed by atoms with Crippen LogP contribution >= 0.6 is 23.2 Å². The first-order chi connectivity index (χ1) is 6.84. The SMILES string of the molecule is CC1(C)Cc2c(cc(Cl)c(N)c2Cl)C1=O. The quantitative estimate of drug-likeness (QED) is 0.711. The summed E-state index contributed by atoms with van der Waals surface area (Å²) in [6.45, 7) is 3.80. The van der Waals surface area contributed by atoms with Gasteiger partial charge in [-0.05, 0) is 18.1 Å². The molecule has 1 aliphatic rings. The van der Waals surface area contributed by atoms with Gasteiger partial charge in [0.25, 0.3) is 0 Å². The zero-order valence-corrected chi connectivity index (χ0v) is 10.0. The van der Waals surface area contributed by atoms with Crippen molar-refractivity contribution in [1.29, 1.82) is 0 Å². The second-order valence-corrected chi connectivity index (χ2v) is 5.29. The molecular formula is C11H11Cl2NO. The zero-order chi connectivity index (χ0) is 11.4. The summed E-state index contributed by atoms with van der Waals surface area (Å²) in [5, 5.41) is 0.779. The third kappa shape index (κ3) is 1.44. The number of carbonyl (C=O) groups excluding carboxylic acids is 1. The van der Waals surface area contributed by atoms with Gasteiger partial charge in [-0.25, -0.2) is 0 Å². The summed E-state index contributed by atoms with van der Waals surface area (Å²) in [5.74, 6) is 0.0845. The van der Waals surface area contributed by atoms with Gasteiger partial charge in [0.15, 0.2) is 5.78 Å². The molecule has 0 saturated heterocycles. The molecule has 2 rings (SSSR count). The number of rotatable bonds is 0. The van der Waals surface area contributed by atoms with Gasteiger partial charge in [-0.15, -0.1) is 0 Å². The molecule has 0 radical (unpaired) electrons. The fourth-order valence-corrected chi connectivity index (χ4v) is 2.46. The number of hydrogen-bond donors (Lipinski definition) is 1. The molecule has 1 aliphatic carbocycles. The molecular weight excluding hydrogens is 233 g/mol. The molecule has 4 heteroatoms. The van der Waals surface area contributed by atoms with Crippen LogP contribution in [0.3, 0.4) is 0 Å². The predicted molar refractivity (Wildman–Crippen MR) is 62.7 cm³/mol. The Morgan fingerprint density at radius 2 is 2.00 bits per heavy atom. The van der Waals surface area contributed by atoms with E-state index in [-0.39, 0.29) is 5.78 Å². The molecule has 0 heterocycles. The van der Waals surface area contributed by atoms with Crippen molar-refractivity contribution in [3.8, 4) is 0 Å². The maximum atomic E-state index is 12.0. The summed E-state index contributed by atoms with van der Waals surface area (Å²) in [5.41, 5.74) is 7.12. The Labute approximate surface area is 98.4 Å². The van der Waals surface area contributed by atoms with Crippen molar-refractivity contribution < 1.29 is 4.79 Å². The van der Waals surface area contributed by atoms with Crippen LogP contribution < -0.4 is 5.73 Å². The smallest absolute Gasteiger partial charge is 0.169 e. The van der Waals surface area contributed by atoms with Crippen LogP contribution in [0, 0.1) is 5.41 Å². The van der Waals surface area contributed by atoms with Gasteiger partial charge in [0.05, 0.1) is 15.7 Å². The van der Waals surface area contributed by atoms with Crippen molar-refractivity contribution in [2.45, 2.75) is 20.3 Å². The summed E-state index contributed by atoms with van der Waals surface area (Å²) >= 11 is 12.0. The monoisotopic (exact) mass is 243 g/mol. The lowest BCUT2D eigenvalue weighted by molar-refractivity contribution is 0.0863. The van der Waals surface area contributed by atoms with E-state index in [1.165, 1.54) is 0 Å². The van der Waals surface area contributed by atoms with Crippen LogP contribution in [0.4, 0.5) is 5.69 Å². The molecule has 2 nitrogen and oxygen atoms in total. The Kier molecular flexibility index (Phi) is 2.25. The summed E-state index contributed by atoms with van der Waals surface area (Å²) in [6.07, 6.45) is 0.626. The highest BCUT2D eigenvalue weighted by atomic mass is 35.5. The van der Waals surface area contributed by atoms with Gasteiger partial charge in [0, 0.05) is 11.0 Å². The van der Waals surface area contributed by atoms with E-state index in [0.717, 1.165) is 5.56 Å². The number of carbonyl (C=O) groups is 1. The molecule has 1 aromatic rings. The van der Waals surface area contributed by atoms with Crippen molar-refractivity contribution >= 4 is 34.7 Å². The number of anilines is 1. The van der Waals surface area contributed by atoms with E-state index in [9.17, 15) is 4.79 Å².